The molecule has 0 saturated carbocycles. The fourth-order valence-corrected chi connectivity index (χ4v) is 2.51. The summed E-state index contributed by atoms with van der Waals surface area (Å²) in [5.41, 5.74) is 0. The Morgan fingerprint density at radius 2 is 2.13 bits per heavy atom. The van der Waals surface area contributed by atoms with Gasteiger partial charge in [0.15, 0.2) is 5.96 Å². The van der Waals surface area contributed by atoms with E-state index in [-0.39, 0.29) is 0 Å². The molecule has 0 aromatic carbocycles. The standard InChI is InChI=1S/C10H21N3OS/c1-11-9(12-2)13-8-10(15-3)4-6-14-7-5-10/h4-8H2,1-3H3,(H2,11,12,13). The Morgan fingerprint density at radius 3 is 2.60 bits per heavy atom. The third-order valence-electron chi connectivity index (χ3n) is 2.88. The van der Waals surface area contributed by atoms with Crippen LogP contribution in [0.25, 0.3) is 0 Å². The number of hydrogen-bond donors (Lipinski definition) is 2. The van der Waals surface area contributed by atoms with Crippen molar-refractivity contribution in [3.8, 4) is 0 Å². The maximum absolute atomic E-state index is 5.40. The summed E-state index contributed by atoms with van der Waals surface area (Å²) < 4.78 is 5.71. The summed E-state index contributed by atoms with van der Waals surface area (Å²) in [4.78, 5) is 4.11. The number of hydrogen-bond acceptors (Lipinski definition) is 3. The Morgan fingerprint density at radius 1 is 1.47 bits per heavy atom. The van der Waals surface area contributed by atoms with Crippen LogP contribution in [0.3, 0.4) is 0 Å². The summed E-state index contributed by atoms with van der Waals surface area (Å²) >= 11 is 1.93. The predicted octanol–water partition coefficient (Wildman–Crippen LogP) is 0.693. The maximum Gasteiger partial charge on any atom is 0.190 e. The summed E-state index contributed by atoms with van der Waals surface area (Å²) in [7, 11) is 3.67. The van der Waals surface area contributed by atoms with Gasteiger partial charge < -0.3 is 15.4 Å². The first-order valence-electron chi connectivity index (χ1n) is 5.27. The van der Waals surface area contributed by atoms with Gasteiger partial charge in [0.1, 0.15) is 0 Å². The molecule has 0 unspecified atom stereocenters. The SMILES string of the molecule is CN=C(NC)NCC1(SC)CCOCC1. The number of nitrogens with zero attached hydrogens (tertiary/aromatic N) is 1. The monoisotopic (exact) mass is 231 g/mol. The molecule has 0 aliphatic carbocycles. The lowest BCUT2D eigenvalue weighted by molar-refractivity contribution is 0.0783. The van der Waals surface area contributed by atoms with Gasteiger partial charge in [-0.2, -0.15) is 11.8 Å². The van der Waals surface area contributed by atoms with E-state index in [1.807, 2.05) is 18.8 Å². The van der Waals surface area contributed by atoms with Crippen LogP contribution in [0.2, 0.25) is 0 Å². The molecule has 1 heterocycles. The largest absolute Gasteiger partial charge is 0.381 e. The third kappa shape index (κ3) is 3.57. The van der Waals surface area contributed by atoms with Crippen LogP contribution in [0.5, 0.6) is 0 Å². The van der Waals surface area contributed by atoms with Gasteiger partial charge in [0.2, 0.25) is 0 Å². The quantitative estimate of drug-likeness (QED) is 0.554. The average Bonchev–Trinajstić information content (AvgIpc) is 2.31. The third-order valence-corrected chi connectivity index (χ3v) is 4.29. The topological polar surface area (TPSA) is 45.7 Å². The Kier molecular flexibility index (Phi) is 5.25. The lowest BCUT2D eigenvalue weighted by atomic mass is 9.99. The molecule has 0 aromatic rings. The van der Waals surface area contributed by atoms with Crippen molar-refractivity contribution in [2.45, 2.75) is 17.6 Å². The van der Waals surface area contributed by atoms with E-state index in [1.54, 1.807) is 7.05 Å². The first-order valence-corrected chi connectivity index (χ1v) is 6.50. The minimum atomic E-state index is 0.311. The van der Waals surface area contributed by atoms with Crippen molar-refractivity contribution in [2.24, 2.45) is 4.99 Å². The number of guanidine groups is 1. The fourth-order valence-electron chi connectivity index (χ4n) is 1.72. The second-order valence-corrected chi connectivity index (χ2v) is 4.95. The molecule has 0 atom stereocenters. The molecule has 0 aromatic heterocycles. The van der Waals surface area contributed by atoms with E-state index in [0.717, 1.165) is 38.6 Å². The number of thioether (sulfide) groups is 1. The molecule has 88 valence electrons. The summed E-state index contributed by atoms with van der Waals surface area (Å²) in [5, 5.41) is 6.37. The van der Waals surface area contributed by atoms with Crippen LogP contribution in [-0.2, 0) is 4.74 Å². The van der Waals surface area contributed by atoms with Crippen LogP contribution < -0.4 is 10.6 Å². The Bertz CT molecular complexity index is 215. The zero-order chi connectivity index (χ0) is 11.1. The Labute approximate surface area is 96.2 Å². The van der Waals surface area contributed by atoms with Gasteiger partial charge >= 0.3 is 0 Å². The van der Waals surface area contributed by atoms with E-state index in [2.05, 4.69) is 21.9 Å². The molecule has 0 spiro atoms. The van der Waals surface area contributed by atoms with E-state index in [0.29, 0.717) is 4.75 Å². The Balaban J connectivity index is 2.45. The molecule has 0 radical (unpaired) electrons. The Hall–Kier alpha value is -0.420. The van der Waals surface area contributed by atoms with Crippen molar-refractivity contribution in [2.75, 3.05) is 40.1 Å². The fraction of sp³-hybridized carbons (Fsp3) is 0.900. The van der Waals surface area contributed by atoms with Crippen molar-refractivity contribution >= 4 is 17.7 Å². The van der Waals surface area contributed by atoms with Crippen molar-refractivity contribution in [3.63, 3.8) is 0 Å². The molecule has 1 rings (SSSR count). The van der Waals surface area contributed by atoms with Gasteiger partial charge in [0.25, 0.3) is 0 Å². The van der Waals surface area contributed by atoms with Gasteiger partial charge in [-0.05, 0) is 19.1 Å². The van der Waals surface area contributed by atoms with Crippen molar-refractivity contribution in [1.29, 1.82) is 0 Å². The summed E-state index contributed by atoms with van der Waals surface area (Å²) in [5.74, 6) is 0.856. The normalized spacial score (nSPS) is 21.1. The van der Waals surface area contributed by atoms with Gasteiger partial charge in [0.05, 0.1) is 0 Å². The zero-order valence-electron chi connectivity index (χ0n) is 9.80. The first kappa shape index (κ1) is 12.6. The number of nitrogens with one attached hydrogen (secondary N) is 2. The number of ether oxygens (including phenoxy) is 1. The number of aliphatic imine (C=N–C) groups is 1. The predicted molar refractivity (Wildman–Crippen MR) is 66.7 cm³/mol. The van der Waals surface area contributed by atoms with Crippen LogP contribution in [-0.4, -0.2) is 50.8 Å². The van der Waals surface area contributed by atoms with Gasteiger partial charge in [-0.15, -0.1) is 0 Å². The molecule has 0 amide bonds. The minimum Gasteiger partial charge on any atom is -0.381 e. The zero-order valence-corrected chi connectivity index (χ0v) is 10.6. The summed E-state index contributed by atoms with van der Waals surface area (Å²) in [6, 6.07) is 0. The summed E-state index contributed by atoms with van der Waals surface area (Å²) in [6.07, 6.45) is 4.40. The van der Waals surface area contributed by atoms with Crippen LogP contribution in [0.1, 0.15) is 12.8 Å². The molecule has 15 heavy (non-hydrogen) atoms. The van der Waals surface area contributed by atoms with Crippen LogP contribution in [0.4, 0.5) is 0 Å². The molecule has 2 N–H and O–H groups in total. The molecule has 5 heteroatoms. The van der Waals surface area contributed by atoms with Crippen molar-refractivity contribution in [1.82, 2.24) is 10.6 Å². The highest BCUT2D eigenvalue weighted by atomic mass is 32.2. The lowest BCUT2D eigenvalue weighted by Gasteiger charge is -2.36. The van der Waals surface area contributed by atoms with E-state index in [4.69, 9.17) is 4.74 Å². The average molecular weight is 231 g/mol. The van der Waals surface area contributed by atoms with Gasteiger partial charge in [0, 0.05) is 38.6 Å². The summed E-state index contributed by atoms with van der Waals surface area (Å²) in [6.45, 7) is 2.70. The highest BCUT2D eigenvalue weighted by Crippen LogP contribution is 2.32. The molecule has 1 fully saturated rings. The smallest absolute Gasteiger partial charge is 0.190 e. The minimum absolute atomic E-state index is 0.311. The van der Waals surface area contributed by atoms with Crippen molar-refractivity contribution < 1.29 is 4.74 Å². The number of rotatable bonds is 3. The van der Waals surface area contributed by atoms with E-state index < -0.39 is 0 Å². The second kappa shape index (κ2) is 6.23. The lowest BCUT2D eigenvalue weighted by Crippen LogP contribution is -2.47. The van der Waals surface area contributed by atoms with Crippen LogP contribution >= 0.6 is 11.8 Å². The molecule has 1 aliphatic heterocycles. The van der Waals surface area contributed by atoms with Crippen LogP contribution in [0.15, 0.2) is 4.99 Å². The maximum atomic E-state index is 5.40. The molecule has 1 aliphatic rings. The van der Waals surface area contributed by atoms with E-state index in [9.17, 15) is 0 Å². The van der Waals surface area contributed by atoms with Gasteiger partial charge in [-0.1, -0.05) is 0 Å². The second-order valence-electron chi connectivity index (χ2n) is 3.68. The highest BCUT2D eigenvalue weighted by molar-refractivity contribution is 8.00. The molecule has 0 bridgehead atoms. The highest BCUT2D eigenvalue weighted by Gasteiger charge is 2.31. The molecular weight excluding hydrogens is 210 g/mol. The van der Waals surface area contributed by atoms with E-state index in [1.165, 1.54) is 0 Å². The van der Waals surface area contributed by atoms with Crippen LogP contribution in [0, 0.1) is 0 Å². The molecular formula is C10H21N3OS. The first-order chi connectivity index (χ1) is 7.26. The molecule has 4 nitrogen and oxygen atoms in total. The van der Waals surface area contributed by atoms with Gasteiger partial charge in [-0.3, -0.25) is 4.99 Å². The van der Waals surface area contributed by atoms with E-state index >= 15 is 0 Å². The van der Waals surface area contributed by atoms with Crippen molar-refractivity contribution in [3.05, 3.63) is 0 Å². The van der Waals surface area contributed by atoms with Gasteiger partial charge in [-0.25, -0.2) is 0 Å². The molecule has 1 saturated heterocycles.